The van der Waals surface area contributed by atoms with Crippen LogP contribution in [0.5, 0.6) is 23.0 Å². The number of benzene rings is 3. The predicted molar refractivity (Wildman–Crippen MR) is 157 cm³/mol. The fourth-order valence-corrected chi connectivity index (χ4v) is 4.71. The summed E-state index contributed by atoms with van der Waals surface area (Å²) in [6.45, 7) is 4.79. The number of urea groups is 1. The Labute approximate surface area is 247 Å². The van der Waals surface area contributed by atoms with Crippen molar-refractivity contribution in [1.82, 2.24) is 10.2 Å². The lowest BCUT2D eigenvalue weighted by Crippen LogP contribution is -2.53. The molecule has 3 aromatic carbocycles. The summed E-state index contributed by atoms with van der Waals surface area (Å²) >= 11 is 3.51. The number of rotatable bonds is 11. The number of aryl methyl sites for hydroxylation is 1. The normalized spacial score (nSPS) is 14.2. The van der Waals surface area contributed by atoms with E-state index in [0.717, 1.165) is 22.4 Å². The van der Waals surface area contributed by atoms with Crippen LogP contribution in [0.25, 0.3) is 6.08 Å². The fraction of sp³-hybridized carbons (Fsp3) is 0.258. The number of hydrogen-bond donors (Lipinski definition) is 1. The second-order valence-corrected chi connectivity index (χ2v) is 10.2. The van der Waals surface area contributed by atoms with Gasteiger partial charge in [0.25, 0.3) is 11.8 Å². The number of methoxy groups -OCH3 is 2. The first-order valence-corrected chi connectivity index (χ1v) is 13.8. The summed E-state index contributed by atoms with van der Waals surface area (Å²) in [6, 6.07) is 15.7. The van der Waals surface area contributed by atoms with E-state index in [0.29, 0.717) is 51.8 Å². The lowest BCUT2D eigenvalue weighted by atomic mass is 10.1. The van der Waals surface area contributed by atoms with Gasteiger partial charge in [0.2, 0.25) is 0 Å². The molecule has 0 atom stereocenters. The standard InChI is InChI=1S/C31H31BrN2O7/c1-5-12-40-25-11-10-21(15-26(25)38-3)17-34-30(36)23(29(35)33-31(34)37)13-22-14-24(32)28(27(16-22)39-4)41-18-20-8-6-19(2)7-9-20/h6-11,13-16H,5,12,17-18H2,1-4H3,(H,33,35,37)/b23-13+. The highest BCUT2D eigenvalue weighted by Gasteiger charge is 2.36. The smallest absolute Gasteiger partial charge is 0.331 e. The minimum Gasteiger partial charge on any atom is -0.493 e. The number of hydrogen-bond acceptors (Lipinski definition) is 7. The maximum absolute atomic E-state index is 13.4. The molecule has 3 aromatic rings. The summed E-state index contributed by atoms with van der Waals surface area (Å²) in [4.78, 5) is 39.7. The Bertz CT molecular complexity index is 1480. The van der Waals surface area contributed by atoms with Crippen molar-refractivity contribution in [2.75, 3.05) is 20.8 Å². The Kier molecular flexibility index (Phi) is 9.67. The zero-order valence-corrected chi connectivity index (χ0v) is 24.9. The minimum absolute atomic E-state index is 0.0709. The molecule has 0 aromatic heterocycles. The lowest BCUT2D eigenvalue weighted by Gasteiger charge is -2.26. The molecule has 1 saturated heterocycles. The van der Waals surface area contributed by atoms with Crippen LogP contribution in [0, 0.1) is 6.92 Å². The Morgan fingerprint density at radius 1 is 0.878 bits per heavy atom. The first-order chi connectivity index (χ1) is 19.7. The number of ether oxygens (including phenoxy) is 4. The highest BCUT2D eigenvalue weighted by Crippen LogP contribution is 2.38. The third kappa shape index (κ3) is 7.07. The van der Waals surface area contributed by atoms with Crippen molar-refractivity contribution in [2.45, 2.75) is 33.4 Å². The molecular formula is C31H31BrN2O7. The first kappa shape index (κ1) is 29.7. The summed E-state index contributed by atoms with van der Waals surface area (Å²) < 4.78 is 23.2. The van der Waals surface area contributed by atoms with Crippen LogP contribution in [0.15, 0.2) is 64.6 Å². The SMILES string of the molecule is CCCOc1ccc(CN2C(=O)NC(=O)/C(=C\c3cc(Br)c(OCc4ccc(C)cc4)c(OC)c3)C2=O)cc1OC. The Morgan fingerprint density at radius 2 is 1.59 bits per heavy atom. The molecule has 1 N–H and O–H groups in total. The highest BCUT2D eigenvalue weighted by atomic mass is 79.9. The highest BCUT2D eigenvalue weighted by molar-refractivity contribution is 9.10. The Balaban J connectivity index is 1.56. The number of carbonyl (C=O) groups excluding carboxylic acids is 3. The predicted octanol–water partition coefficient (Wildman–Crippen LogP) is 5.80. The van der Waals surface area contributed by atoms with E-state index in [2.05, 4.69) is 21.2 Å². The van der Waals surface area contributed by atoms with Gasteiger partial charge in [-0.25, -0.2) is 4.79 Å². The van der Waals surface area contributed by atoms with Gasteiger partial charge in [0.1, 0.15) is 12.2 Å². The molecule has 1 fully saturated rings. The molecule has 4 amide bonds. The molecular weight excluding hydrogens is 592 g/mol. The maximum atomic E-state index is 13.4. The molecule has 1 aliphatic rings. The van der Waals surface area contributed by atoms with Gasteiger partial charge >= 0.3 is 6.03 Å². The number of carbonyl (C=O) groups is 3. The van der Waals surface area contributed by atoms with Crippen molar-refractivity contribution < 1.29 is 33.3 Å². The van der Waals surface area contributed by atoms with Gasteiger partial charge < -0.3 is 18.9 Å². The molecule has 9 nitrogen and oxygen atoms in total. The molecule has 1 aliphatic heterocycles. The van der Waals surface area contributed by atoms with Crippen molar-refractivity contribution in [3.8, 4) is 23.0 Å². The van der Waals surface area contributed by atoms with Gasteiger partial charge in [0, 0.05) is 0 Å². The fourth-order valence-electron chi connectivity index (χ4n) is 4.13. The van der Waals surface area contributed by atoms with Crippen LogP contribution in [-0.2, 0) is 22.7 Å². The number of halogens is 1. The molecule has 10 heteroatoms. The van der Waals surface area contributed by atoms with Gasteiger partial charge in [0.05, 0.1) is 31.8 Å². The summed E-state index contributed by atoms with van der Waals surface area (Å²) in [5.41, 5.74) is 3.08. The minimum atomic E-state index is -0.805. The van der Waals surface area contributed by atoms with Gasteiger partial charge in [0.15, 0.2) is 23.0 Å². The summed E-state index contributed by atoms with van der Waals surface area (Å²) in [5.74, 6) is 0.424. The largest absolute Gasteiger partial charge is 0.493 e. The molecule has 0 saturated carbocycles. The maximum Gasteiger partial charge on any atom is 0.331 e. The van der Waals surface area contributed by atoms with Crippen molar-refractivity contribution >= 4 is 39.9 Å². The molecule has 0 radical (unpaired) electrons. The van der Waals surface area contributed by atoms with Crippen molar-refractivity contribution in [3.05, 3.63) is 86.9 Å². The number of imide groups is 2. The molecule has 0 bridgehead atoms. The molecule has 0 aliphatic carbocycles. The molecule has 214 valence electrons. The second kappa shape index (κ2) is 13.4. The average molecular weight is 624 g/mol. The van der Waals surface area contributed by atoms with Crippen LogP contribution in [0.1, 0.15) is 35.6 Å². The van der Waals surface area contributed by atoms with Gasteiger partial charge in [-0.2, -0.15) is 0 Å². The molecule has 1 heterocycles. The van der Waals surface area contributed by atoms with E-state index in [1.165, 1.54) is 20.3 Å². The van der Waals surface area contributed by atoms with Crippen LogP contribution >= 0.6 is 15.9 Å². The van der Waals surface area contributed by atoms with E-state index >= 15 is 0 Å². The van der Waals surface area contributed by atoms with Gasteiger partial charge in [-0.3, -0.25) is 19.8 Å². The van der Waals surface area contributed by atoms with E-state index in [1.807, 2.05) is 38.1 Å². The average Bonchev–Trinajstić information content (AvgIpc) is 2.96. The lowest BCUT2D eigenvalue weighted by molar-refractivity contribution is -0.130. The van der Waals surface area contributed by atoms with E-state index in [9.17, 15) is 14.4 Å². The van der Waals surface area contributed by atoms with Crippen LogP contribution in [0.2, 0.25) is 0 Å². The number of nitrogens with zero attached hydrogens (tertiary/aromatic N) is 1. The zero-order valence-electron chi connectivity index (χ0n) is 23.3. The Hall–Kier alpha value is -4.31. The van der Waals surface area contributed by atoms with Crippen molar-refractivity contribution in [3.63, 3.8) is 0 Å². The monoisotopic (exact) mass is 622 g/mol. The van der Waals surface area contributed by atoms with Gasteiger partial charge in [-0.1, -0.05) is 42.8 Å². The third-order valence-electron chi connectivity index (χ3n) is 6.28. The first-order valence-electron chi connectivity index (χ1n) is 13.0. The molecule has 4 rings (SSSR count). The van der Waals surface area contributed by atoms with Crippen molar-refractivity contribution in [1.29, 1.82) is 0 Å². The van der Waals surface area contributed by atoms with E-state index in [4.69, 9.17) is 18.9 Å². The van der Waals surface area contributed by atoms with Crippen LogP contribution in [0.3, 0.4) is 0 Å². The van der Waals surface area contributed by atoms with E-state index in [1.54, 1.807) is 30.3 Å². The summed E-state index contributed by atoms with van der Waals surface area (Å²) in [7, 11) is 3.02. The molecule has 41 heavy (non-hydrogen) atoms. The van der Waals surface area contributed by atoms with Crippen LogP contribution < -0.4 is 24.3 Å². The summed E-state index contributed by atoms with van der Waals surface area (Å²) in [5, 5.41) is 2.25. The number of amides is 4. The third-order valence-corrected chi connectivity index (χ3v) is 6.87. The van der Waals surface area contributed by atoms with Gasteiger partial charge in [-0.05, 0) is 76.3 Å². The van der Waals surface area contributed by atoms with Crippen molar-refractivity contribution in [2.24, 2.45) is 0 Å². The molecule has 0 unspecified atom stereocenters. The Morgan fingerprint density at radius 3 is 2.27 bits per heavy atom. The second-order valence-electron chi connectivity index (χ2n) is 9.35. The van der Waals surface area contributed by atoms with E-state index < -0.39 is 17.8 Å². The van der Waals surface area contributed by atoms with Crippen LogP contribution in [-0.4, -0.2) is 43.6 Å². The van der Waals surface area contributed by atoms with Gasteiger partial charge in [-0.15, -0.1) is 0 Å². The van der Waals surface area contributed by atoms with E-state index in [-0.39, 0.29) is 12.1 Å². The van der Waals surface area contributed by atoms with Crippen LogP contribution in [0.4, 0.5) is 4.79 Å². The molecule has 0 spiro atoms. The number of barbiturate groups is 1. The zero-order chi connectivity index (χ0) is 29.5. The summed E-state index contributed by atoms with van der Waals surface area (Å²) in [6.07, 6.45) is 2.25. The number of nitrogens with one attached hydrogen (secondary N) is 1. The quantitative estimate of drug-likeness (QED) is 0.213. The topological polar surface area (TPSA) is 103 Å².